The van der Waals surface area contributed by atoms with Gasteiger partial charge in [-0.3, -0.25) is 0 Å². The second-order valence-corrected chi connectivity index (χ2v) is 4.88. The van der Waals surface area contributed by atoms with E-state index in [2.05, 4.69) is 6.58 Å². The van der Waals surface area contributed by atoms with E-state index in [1.807, 2.05) is 6.92 Å². The zero-order valence-electron chi connectivity index (χ0n) is 12.4. The average Bonchev–Trinajstić information content (AvgIpc) is 3.23. The van der Waals surface area contributed by atoms with Gasteiger partial charge >= 0.3 is 11.9 Å². The van der Waals surface area contributed by atoms with E-state index in [1.165, 1.54) is 0 Å². The summed E-state index contributed by atoms with van der Waals surface area (Å²) in [6.07, 6.45) is 2.31. The Labute approximate surface area is 119 Å². The zero-order chi connectivity index (χ0) is 15.1. The van der Waals surface area contributed by atoms with E-state index in [4.69, 9.17) is 14.2 Å². The van der Waals surface area contributed by atoms with Gasteiger partial charge in [-0.1, -0.05) is 19.9 Å². The van der Waals surface area contributed by atoms with Gasteiger partial charge in [-0.2, -0.15) is 0 Å². The first-order valence-electron chi connectivity index (χ1n) is 6.81. The molecule has 112 valence electrons. The summed E-state index contributed by atoms with van der Waals surface area (Å²) in [4.78, 5) is 23.5. The van der Waals surface area contributed by atoms with Crippen LogP contribution in [-0.2, 0) is 23.8 Å². The van der Waals surface area contributed by atoms with E-state index < -0.39 is 11.9 Å². The van der Waals surface area contributed by atoms with E-state index in [-0.39, 0.29) is 12.7 Å². The maximum atomic E-state index is 11.9. The lowest BCUT2D eigenvalue weighted by atomic mass is 10.1. The second kappa shape index (κ2) is 7.85. The van der Waals surface area contributed by atoms with E-state index in [0.29, 0.717) is 29.9 Å². The monoisotopic (exact) mass is 282 g/mol. The highest BCUT2D eigenvalue weighted by Crippen LogP contribution is 2.18. The van der Waals surface area contributed by atoms with Crippen LogP contribution in [0.15, 0.2) is 23.5 Å². The van der Waals surface area contributed by atoms with Crippen molar-refractivity contribution < 1.29 is 23.8 Å². The Bertz CT molecular complexity index is 418. The van der Waals surface area contributed by atoms with Crippen molar-refractivity contribution in [1.82, 2.24) is 0 Å². The lowest BCUT2D eigenvalue weighted by molar-refractivity contribution is -0.140. The summed E-state index contributed by atoms with van der Waals surface area (Å²) in [6.45, 7) is 9.60. The molecule has 0 N–H and O–H groups in total. The third-order valence-electron chi connectivity index (χ3n) is 2.85. The summed E-state index contributed by atoms with van der Waals surface area (Å²) < 4.78 is 15.3. The van der Waals surface area contributed by atoms with Gasteiger partial charge in [-0.25, -0.2) is 9.59 Å². The van der Waals surface area contributed by atoms with Gasteiger partial charge in [0.25, 0.3) is 0 Å². The molecule has 20 heavy (non-hydrogen) atoms. The molecule has 1 heterocycles. The van der Waals surface area contributed by atoms with Crippen LogP contribution in [0.5, 0.6) is 0 Å². The number of carbonyl (C=O) groups is 2. The van der Waals surface area contributed by atoms with E-state index in [9.17, 15) is 9.59 Å². The SMILES string of the molecule is C=C(C)C(=O)O/C(CCCC)=C(\C)C(=O)OCC1CO1. The number of esters is 2. The summed E-state index contributed by atoms with van der Waals surface area (Å²) in [7, 11) is 0. The molecular formula is C15H22O5. The highest BCUT2D eigenvalue weighted by atomic mass is 16.6. The largest absolute Gasteiger partial charge is 0.459 e. The molecule has 0 aromatic carbocycles. The van der Waals surface area contributed by atoms with Crippen LogP contribution >= 0.6 is 0 Å². The summed E-state index contributed by atoms with van der Waals surface area (Å²) in [5.41, 5.74) is 0.625. The predicted molar refractivity (Wildman–Crippen MR) is 73.8 cm³/mol. The lowest BCUT2D eigenvalue weighted by Gasteiger charge is -2.12. The van der Waals surface area contributed by atoms with Crippen LogP contribution in [0.25, 0.3) is 0 Å². The fourth-order valence-corrected chi connectivity index (χ4v) is 1.41. The van der Waals surface area contributed by atoms with Crippen molar-refractivity contribution in [2.24, 2.45) is 0 Å². The van der Waals surface area contributed by atoms with Crippen LogP contribution in [0.3, 0.4) is 0 Å². The first-order chi connectivity index (χ1) is 9.45. The number of ether oxygens (including phenoxy) is 3. The van der Waals surface area contributed by atoms with Gasteiger partial charge in [0.2, 0.25) is 0 Å². The second-order valence-electron chi connectivity index (χ2n) is 4.88. The maximum absolute atomic E-state index is 11.9. The van der Waals surface area contributed by atoms with E-state index in [1.54, 1.807) is 13.8 Å². The molecule has 5 heteroatoms. The molecule has 1 aliphatic rings. The minimum atomic E-state index is -0.520. The molecule has 0 bridgehead atoms. The van der Waals surface area contributed by atoms with Gasteiger partial charge in [-0.05, 0) is 20.3 Å². The molecule has 0 amide bonds. The van der Waals surface area contributed by atoms with Gasteiger partial charge in [0.1, 0.15) is 18.5 Å². The van der Waals surface area contributed by atoms with Crippen molar-refractivity contribution in [3.05, 3.63) is 23.5 Å². The van der Waals surface area contributed by atoms with Gasteiger partial charge in [-0.15, -0.1) is 0 Å². The smallest absolute Gasteiger partial charge is 0.338 e. The third kappa shape index (κ3) is 5.57. The summed E-state index contributed by atoms with van der Waals surface area (Å²) in [5, 5.41) is 0. The molecule has 1 atom stereocenters. The fourth-order valence-electron chi connectivity index (χ4n) is 1.41. The lowest BCUT2D eigenvalue weighted by Crippen LogP contribution is -2.15. The molecule has 1 aliphatic heterocycles. The highest BCUT2D eigenvalue weighted by Gasteiger charge is 2.25. The quantitative estimate of drug-likeness (QED) is 0.296. The number of epoxide rings is 1. The molecule has 5 nitrogen and oxygen atoms in total. The van der Waals surface area contributed by atoms with Gasteiger partial charge in [0.05, 0.1) is 12.2 Å². The van der Waals surface area contributed by atoms with Crippen molar-refractivity contribution in [3.63, 3.8) is 0 Å². The number of rotatable bonds is 8. The predicted octanol–water partition coefficient (Wildman–Crippen LogP) is 2.51. The minimum absolute atomic E-state index is 0.0174. The first-order valence-corrected chi connectivity index (χ1v) is 6.81. The van der Waals surface area contributed by atoms with Gasteiger partial charge in [0.15, 0.2) is 0 Å². The third-order valence-corrected chi connectivity index (χ3v) is 2.85. The standard InChI is InChI=1S/C15H22O5/c1-5-6-7-13(20-14(16)10(2)3)11(4)15(17)19-9-12-8-18-12/h12H,2,5-9H2,1,3-4H3/b13-11+. The Morgan fingerprint density at radius 3 is 2.45 bits per heavy atom. The van der Waals surface area contributed by atoms with Crippen LogP contribution in [-0.4, -0.2) is 31.3 Å². The molecule has 0 aromatic rings. The topological polar surface area (TPSA) is 65.1 Å². The van der Waals surface area contributed by atoms with Crippen LogP contribution < -0.4 is 0 Å². The minimum Gasteiger partial charge on any atom is -0.459 e. The summed E-state index contributed by atoms with van der Waals surface area (Å²) in [5.74, 6) is -0.628. The van der Waals surface area contributed by atoms with Gasteiger partial charge in [0, 0.05) is 12.0 Å². The Morgan fingerprint density at radius 1 is 1.30 bits per heavy atom. The van der Waals surface area contributed by atoms with Crippen molar-refractivity contribution in [2.75, 3.05) is 13.2 Å². The van der Waals surface area contributed by atoms with Crippen LogP contribution in [0, 0.1) is 0 Å². The molecule has 1 saturated heterocycles. The zero-order valence-corrected chi connectivity index (χ0v) is 12.4. The number of carbonyl (C=O) groups excluding carboxylic acids is 2. The average molecular weight is 282 g/mol. The van der Waals surface area contributed by atoms with Crippen molar-refractivity contribution in [3.8, 4) is 0 Å². The van der Waals surface area contributed by atoms with E-state index >= 15 is 0 Å². The molecule has 1 rings (SSSR count). The normalized spacial score (nSPS) is 18.1. The maximum Gasteiger partial charge on any atom is 0.338 e. The number of hydrogen-bond acceptors (Lipinski definition) is 5. The Hall–Kier alpha value is -1.62. The van der Waals surface area contributed by atoms with E-state index in [0.717, 1.165) is 12.8 Å². The Morgan fingerprint density at radius 2 is 1.95 bits per heavy atom. The molecule has 1 fully saturated rings. The molecular weight excluding hydrogens is 260 g/mol. The number of hydrogen-bond donors (Lipinski definition) is 0. The fraction of sp³-hybridized carbons (Fsp3) is 0.600. The van der Waals surface area contributed by atoms with Crippen LogP contribution in [0.2, 0.25) is 0 Å². The number of unbranched alkanes of at least 4 members (excludes halogenated alkanes) is 1. The molecule has 0 aromatic heterocycles. The summed E-state index contributed by atoms with van der Waals surface area (Å²) >= 11 is 0. The van der Waals surface area contributed by atoms with Crippen LogP contribution in [0.4, 0.5) is 0 Å². The first kappa shape index (κ1) is 16.4. The molecule has 0 saturated carbocycles. The molecule has 0 aliphatic carbocycles. The highest BCUT2D eigenvalue weighted by molar-refractivity contribution is 5.91. The summed E-state index contributed by atoms with van der Waals surface area (Å²) in [6, 6.07) is 0. The number of allylic oxidation sites excluding steroid dienone is 1. The van der Waals surface area contributed by atoms with Crippen LogP contribution in [0.1, 0.15) is 40.0 Å². The molecule has 0 spiro atoms. The Kier molecular flexibility index (Phi) is 6.45. The molecule has 1 unspecified atom stereocenters. The molecule has 0 radical (unpaired) electrons. The van der Waals surface area contributed by atoms with Crippen molar-refractivity contribution >= 4 is 11.9 Å². The Balaban J connectivity index is 2.69. The van der Waals surface area contributed by atoms with Crippen molar-refractivity contribution in [1.29, 1.82) is 0 Å². The van der Waals surface area contributed by atoms with Gasteiger partial charge < -0.3 is 14.2 Å². The van der Waals surface area contributed by atoms with Crippen molar-refractivity contribution in [2.45, 2.75) is 46.1 Å².